The average Bonchev–Trinajstić information content (AvgIpc) is 3.29. The molecule has 1 aliphatic rings. The van der Waals surface area contributed by atoms with Crippen LogP contribution in [0.15, 0.2) is 23.8 Å². The first-order valence-corrected chi connectivity index (χ1v) is 16.4. The average molecular weight is 502 g/mol. The van der Waals surface area contributed by atoms with Crippen LogP contribution in [0.5, 0.6) is 0 Å². The quantitative estimate of drug-likeness (QED) is 0.158. The van der Waals surface area contributed by atoms with Gasteiger partial charge in [-0.15, -0.1) is 0 Å². The molecule has 33 heavy (non-hydrogen) atoms. The predicted molar refractivity (Wildman–Crippen MR) is 137 cm³/mol. The van der Waals surface area contributed by atoms with Crippen molar-refractivity contribution in [1.29, 1.82) is 5.26 Å². The van der Waals surface area contributed by atoms with E-state index in [2.05, 4.69) is 24.3 Å². The van der Waals surface area contributed by atoms with Crippen LogP contribution < -0.4 is 0 Å². The lowest BCUT2D eigenvalue weighted by atomic mass is 10.1. The molecule has 0 aromatic heterocycles. The number of unbranched alkanes of at least 4 members (excludes halogenated alkanes) is 1. The molecule has 0 amide bonds. The summed E-state index contributed by atoms with van der Waals surface area (Å²) in [6, 6.07) is 3.77. The summed E-state index contributed by atoms with van der Waals surface area (Å²) in [6.07, 6.45) is 11.2. The molecule has 7 nitrogen and oxygen atoms in total. The number of allylic oxidation sites excluding steroid dienone is 4. The first kappa shape index (κ1) is 32.2. The molecule has 192 valence electrons. The Morgan fingerprint density at radius 1 is 0.727 bits per heavy atom. The molecule has 9 heteroatoms. The van der Waals surface area contributed by atoms with Gasteiger partial charge in [-0.3, -0.25) is 0 Å². The molecule has 0 spiro atoms. The SMILES string of the molecule is CCO[Si](CCCC#N)(OCC)OCC.CCO[Si](CCCC1=CC=CC1)(OCC)OCC. The fraction of sp³-hybridized carbons (Fsp3) is 0.792. The Morgan fingerprint density at radius 2 is 1.15 bits per heavy atom. The summed E-state index contributed by atoms with van der Waals surface area (Å²) < 4.78 is 34.4. The van der Waals surface area contributed by atoms with Gasteiger partial charge in [0.05, 0.1) is 6.07 Å². The van der Waals surface area contributed by atoms with Crippen molar-refractivity contribution in [3.05, 3.63) is 23.8 Å². The van der Waals surface area contributed by atoms with Crippen LogP contribution in [0.4, 0.5) is 0 Å². The zero-order valence-electron chi connectivity index (χ0n) is 21.8. The lowest BCUT2D eigenvalue weighted by Crippen LogP contribution is -2.45. The standard InChI is InChI=1S/C14H26O3Si.C10H21NO3Si/c1-4-15-18(16-5-2,17-6-3)13-9-12-14-10-7-8-11-14;1-4-12-15(13-5-2,14-6-3)10-8-7-9-11/h7-8,10H,4-6,9,11-13H2,1-3H3;4-8,10H2,1-3H3. The third-order valence-corrected chi connectivity index (χ3v) is 11.1. The molecule has 0 aromatic rings. The molecule has 0 radical (unpaired) electrons. The van der Waals surface area contributed by atoms with Gasteiger partial charge in [-0.2, -0.15) is 5.26 Å². The van der Waals surface area contributed by atoms with E-state index in [9.17, 15) is 0 Å². The molecule has 0 heterocycles. The van der Waals surface area contributed by atoms with Crippen molar-refractivity contribution in [3.63, 3.8) is 0 Å². The van der Waals surface area contributed by atoms with Crippen molar-refractivity contribution >= 4 is 17.6 Å². The maximum atomic E-state index is 8.50. The smallest absolute Gasteiger partial charge is 0.374 e. The van der Waals surface area contributed by atoms with E-state index in [0.717, 1.165) is 37.8 Å². The van der Waals surface area contributed by atoms with Crippen LogP contribution in [0, 0.1) is 11.3 Å². The summed E-state index contributed by atoms with van der Waals surface area (Å²) in [5, 5.41) is 8.50. The van der Waals surface area contributed by atoms with Gasteiger partial charge in [0, 0.05) is 58.2 Å². The Morgan fingerprint density at radius 3 is 1.48 bits per heavy atom. The van der Waals surface area contributed by atoms with Crippen LogP contribution >= 0.6 is 0 Å². The largest absolute Gasteiger partial charge is 0.500 e. The van der Waals surface area contributed by atoms with Crippen LogP contribution in [-0.4, -0.2) is 57.3 Å². The topological polar surface area (TPSA) is 79.2 Å². The van der Waals surface area contributed by atoms with Crippen molar-refractivity contribution in [2.45, 2.75) is 85.7 Å². The van der Waals surface area contributed by atoms with Gasteiger partial charge in [-0.05, 0) is 67.2 Å². The first-order chi connectivity index (χ1) is 16.0. The van der Waals surface area contributed by atoms with Gasteiger partial charge in [-0.1, -0.05) is 23.8 Å². The molecule has 1 aliphatic carbocycles. The summed E-state index contributed by atoms with van der Waals surface area (Å²) in [5.74, 6) is 0. The molecule has 0 saturated heterocycles. The van der Waals surface area contributed by atoms with E-state index in [0.29, 0.717) is 46.1 Å². The zero-order valence-corrected chi connectivity index (χ0v) is 23.8. The van der Waals surface area contributed by atoms with E-state index in [1.54, 1.807) is 0 Å². The Balaban J connectivity index is 0.000000633. The van der Waals surface area contributed by atoms with E-state index >= 15 is 0 Å². The van der Waals surface area contributed by atoms with Gasteiger partial charge >= 0.3 is 17.6 Å². The minimum atomic E-state index is -2.48. The van der Waals surface area contributed by atoms with Gasteiger partial charge in [-0.25, -0.2) is 0 Å². The van der Waals surface area contributed by atoms with Gasteiger partial charge in [0.25, 0.3) is 0 Å². The fourth-order valence-corrected chi connectivity index (χ4v) is 8.82. The van der Waals surface area contributed by atoms with E-state index in [1.807, 2.05) is 41.5 Å². The van der Waals surface area contributed by atoms with Gasteiger partial charge in [0.15, 0.2) is 0 Å². The van der Waals surface area contributed by atoms with Crippen LogP contribution in [0.25, 0.3) is 0 Å². The predicted octanol–water partition coefficient (Wildman–Crippen LogP) is 6.04. The molecule has 0 aromatic carbocycles. The first-order valence-electron chi connectivity index (χ1n) is 12.6. The second-order valence-electron chi connectivity index (χ2n) is 7.29. The Bertz CT molecular complexity index is 546. The highest BCUT2D eigenvalue weighted by Crippen LogP contribution is 2.23. The summed E-state index contributed by atoms with van der Waals surface area (Å²) in [4.78, 5) is 0. The second-order valence-corrected chi connectivity index (χ2v) is 12.8. The number of hydrogen-bond donors (Lipinski definition) is 0. The third kappa shape index (κ3) is 14.2. The van der Waals surface area contributed by atoms with Crippen LogP contribution in [-0.2, 0) is 26.6 Å². The minimum Gasteiger partial charge on any atom is -0.374 e. The van der Waals surface area contributed by atoms with Crippen molar-refractivity contribution in [2.24, 2.45) is 0 Å². The van der Waals surface area contributed by atoms with Crippen molar-refractivity contribution < 1.29 is 26.6 Å². The summed E-state index contributed by atoms with van der Waals surface area (Å²) in [7, 11) is -4.90. The lowest BCUT2D eigenvalue weighted by molar-refractivity contribution is 0.0701. The lowest BCUT2D eigenvalue weighted by Gasteiger charge is -2.28. The maximum absolute atomic E-state index is 8.50. The molecule has 0 saturated carbocycles. The van der Waals surface area contributed by atoms with Gasteiger partial charge < -0.3 is 26.6 Å². The van der Waals surface area contributed by atoms with Crippen molar-refractivity contribution in [1.82, 2.24) is 0 Å². The minimum absolute atomic E-state index is 0.530. The van der Waals surface area contributed by atoms with E-state index < -0.39 is 17.6 Å². The highest BCUT2D eigenvalue weighted by molar-refractivity contribution is 6.61. The van der Waals surface area contributed by atoms with Gasteiger partial charge in [0.2, 0.25) is 0 Å². The van der Waals surface area contributed by atoms with E-state index in [-0.39, 0.29) is 0 Å². The third-order valence-electron chi connectivity index (χ3n) is 4.79. The number of hydrogen-bond acceptors (Lipinski definition) is 7. The summed E-state index contributed by atoms with van der Waals surface area (Å²) >= 11 is 0. The van der Waals surface area contributed by atoms with Crippen LogP contribution in [0.1, 0.15) is 73.6 Å². The fourth-order valence-electron chi connectivity index (χ4n) is 3.60. The van der Waals surface area contributed by atoms with Gasteiger partial charge in [0.1, 0.15) is 0 Å². The molecule has 0 atom stereocenters. The molecule has 0 bridgehead atoms. The summed E-state index contributed by atoms with van der Waals surface area (Å²) in [5.41, 5.74) is 1.50. The summed E-state index contributed by atoms with van der Waals surface area (Å²) in [6.45, 7) is 15.6. The molecule has 1 rings (SSSR count). The highest BCUT2D eigenvalue weighted by atomic mass is 28.4. The van der Waals surface area contributed by atoms with Crippen LogP contribution in [0.3, 0.4) is 0 Å². The molecule has 0 fully saturated rings. The Hall–Kier alpha value is -0.836. The normalized spacial score (nSPS) is 13.4. The monoisotopic (exact) mass is 501 g/mol. The molecule has 0 unspecified atom stereocenters. The molecular weight excluding hydrogens is 454 g/mol. The molecule has 0 aliphatic heterocycles. The van der Waals surface area contributed by atoms with E-state index in [1.165, 1.54) is 5.57 Å². The van der Waals surface area contributed by atoms with Crippen molar-refractivity contribution in [2.75, 3.05) is 39.6 Å². The zero-order chi connectivity index (χ0) is 24.8. The molecular formula is C24H47NO6Si2. The Labute approximate surface area is 204 Å². The molecule has 0 N–H and O–H groups in total. The number of nitrogens with zero attached hydrogens (tertiary/aromatic N) is 1. The second kappa shape index (κ2) is 20.5. The Kier molecular flexibility index (Phi) is 20.0. The van der Waals surface area contributed by atoms with E-state index in [4.69, 9.17) is 31.8 Å². The number of rotatable bonds is 19. The van der Waals surface area contributed by atoms with Crippen molar-refractivity contribution in [3.8, 4) is 6.07 Å². The van der Waals surface area contributed by atoms with Crippen LogP contribution in [0.2, 0.25) is 12.1 Å². The maximum Gasteiger partial charge on any atom is 0.500 e. The highest BCUT2D eigenvalue weighted by Gasteiger charge is 2.40. The number of nitriles is 1.